The van der Waals surface area contributed by atoms with Gasteiger partial charge in [0.15, 0.2) is 17.6 Å². The number of aliphatic hydroxyl groups is 2. The van der Waals surface area contributed by atoms with E-state index >= 15 is 0 Å². The zero-order valence-corrected chi connectivity index (χ0v) is 27.0. The molecule has 7 N–H and O–H groups in total. The summed E-state index contributed by atoms with van der Waals surface area (Å²) in [5.41, 5.74) is 7.29. The number of methoxy groups -OCH3 is 3. The molecule has 48 heavy (non-hydrogen) atoms. The number of phosphoric acid groups is 1. The van der Waals surface area contributed by atoms with Crippen LogP contribution in [0.2, 0.25) is 0 Å². The standard InChI is InChI=1S/C20H24NO8P.C9H11F2N3O4/c1-11(22)21-16-8-5-12-9-17(26-2)19(27-3)20(28-4)18(12)14-7-6-13(10-15(14)16)29-30(23,24)25;10-9(11)6(16)4(3-15)18-7(9)14-2-1-5(12)13-8(14)17/h6-7,9-10,16H,5,8H2,1-4H3,(H,21,22)(H2,23,24,25);1-2,4,6-7,15-16H,3H2,(H2,12,13,17)/t16-;4-,6-,7-/m01/s1. The maximum Gasteiger partial charge on any atom is 0.524 e. The summed E-state index contributed by atoms with van der Waals surface area (Å²) in [6.07, 6.45) is -3.54. The number of hydrogen-bond donors (Lipinski definition) is 6. The average molecular weight is 701 g/mol. The van der Waals surface area contributed by atoms with Crippen LogP contribution in [0.3, 0.4) is 0 Å². The molecule has 16 nitrogen and oxygen atoms in total. The maximum atomic E-state index is 13.7. The predicted molar refractivity (Wildman–Crippen MR) is 164 cm³/mol. The fourth-order valence-electron chi connectivity index (χ4n) is 5.52. The van der Waals surface area contributed by atoms with E-state index in [0.717, 1.165) is 29.0 Å². The van der Waals surface area contributed by atoms with Gasteiger partial charge in [-0.05, 0) is 53.8 Å². The zero-order chi connectivity index (χ0) is 35.6. The topological polar surface area (TPSA) is 234 Å². The van der Waals surface area contributed by atoms with Crippen molar-refractivity contribution in [2.45, 2.75) is 50.2 Å². The normalized spacial score (nSPS) is 21.0. The molecule has 0 bridgehead atoms. The number of aromatic nitrogens is 2. The van der Waals surface area contributed by atoms with Gasteiger partial charge >= 0.3 is 19.4 Å². The Kier molecular flexibility index (Phi) is 11.0. The van der Waals surface area contributed by atoms with E-state index in [9.17, 15) is 37.8 Å². The van der Waals surface area contributed by atoms with Crippen molar-refractivity contribution in [3.05, 3.63) is 58.1 Å². The summed E-state index contributed by atoms with van der Waals surface area (Å²) in [5, 5.41) is 21.0. The number of hydrogen-bond acceptors (Lipinski definition) is 12. The number of nitrogens with two attached hydrogens (primary N) is 1. The molecule has 262 valence electrons. The van der Waals surface area contributed by atoms with Crippen LogP contribution >= 0.6 is 7.82 Å². The molecule has 5 rings (SSSR count). The van der Waals surface area contributed by atoms with Crippen LogP contribution in [0, 0.1) is 0 Å². The molecule has 2 aliphatic rings. The zero-order valence-electron chi connectivity index (χ0n) is 26.1. The number of ether oxygens (including phenoxy) is 4. The van der Waals surface area contributed by atoms with E-state index in [4.69, 9.17) is 34.3 Å². The van der Waals surface area contributed by atoms with E-state index < -0.39 is 50.5 Å². The molecule has 2 heterocycles. The molecule has 1 saturated heterocycles. The third-order valence-electron chi connectivity index (χ3n) is 7.55. The predicted octanol–water partition coefficient (Wildman–Crippen LogP) is 1.69. The Bertz CT molecular complexity index is 1770. The molecule has 1 amide bonds. The van der Waals surface area contributed by atoms with Gasteiger partial charge in [-0.1, -0.05) is 6.07 Å². The van der Waals surface area contributed by atoms with Crippen molar-refractivity contribution in [3.8, 4) is 34.1 Å². The number of fused-ring (bicyclic) bond motifs is 3. The number of nitrogens with zero attached hydrogens (tertiary/aromatic N) is 2. The van der Waals surface area contributed by atoms with Gasteiger partial charge < -0.3 is 44.7 Å². The maximum absolute atomic E-state index is 13.7. The SMILES string of the molecule is COc1cc2c(c(OC)c1OC)-c1ccc(OP(=O)(O)O)cc1[C@@H](NC(C)=O)CC2.Nc1ccn([C@@H]2O[C@H](CO)[C@@H](O)C2(F)F)c(=O)n1. The lowest BCUT2D eigenvalue weighted by Crippen LogP contribution is -2.41. The van der Waals surface area contributed by atoms with E-state index in [2.05, 4.69) is 10.3 Å². The number of nitrogen functional groups attached to an aromatic ring is 1. The Labute approximate surface area is 272 Å². The minimum absolute atomic E-state index is 0.000305. The van der Waals surface area contributed by atoms with Gasteiger partial charge in [-0.25, -0.2) is 9.36 Å². The number of rotatable bonds is 8. The molecule has 0 spiro atoms. The van der Waals surface area contributed by atoms with Crippen LogP contribution in [0.15, 0.2) is 41.3 Å². The quantitative estimate of drug-likeness (QED) is 0.184. The third kappa shape index (κ3) is 7.53. The second-order valence-corrected chi connectivity index (χ2v) is 11.8. The number of alkyl halides is 2. The second kappa shape index (κ2) is 14.4. The number of nitrogens with one attached hydrogen (secondary N) is 1. The number of benzene rings is 2. The van der Waals surface area contributed by atoms with Gasteiger partial charge in [0, 0.05) is 18.7 Å². The lowest BCUT2D eigenvalue weighted by atomic mass is 9.93. The smallest absolute Gasteiger partial charge is 0.493 e. The fraction of sp³-hybridized carbons (Fsp3) is 0.414. The van der Waals surface area contributed by atoms with Crippen LogP contribution in [0.1, 0.15) is 36.7 Å². The number of halogens is 2. The van der Waals surface area contributed by atoms with Gasteiger partial charge in [-0.15, -0.1) is 0 Å². The summed E-state index contributed by atoms with van der Waals surface area (Å²) in [6.45, 7) is 0.630. The van der Waals surface area contributed by atoms with Crippen LogP contribution in [0.25, 0.3) is 11.1 Å². The summed E-state index contributed by atoms with van der Waals surface area (Å²) in [5.74, 6) is -2.63. The van der Waals surface area contributed by atoms with E-state index in [1.54, 1.807) is 13.2 Å². The number of phosphoric ester groups is 1. The molecule has 0 radical (unpaired) electrons. The number of anilines is 1. The van der Waals surface area contributed by atoms with Crippen LogP contribution in [-0.2, 0) is 20.5 Å². The Morgan fingerprint density at radius 3 is 2.40 bits per heavy atom. The van der Waals surface area contributed by atoms with Crippen molar-refractivity contribution in [2.75, 3.05) is 33.7 Å². The summed E-state index contributed by atoms with van der Waals surface area (Å²) in [6, 6.07) is 7.31. The second-order valence-electron chi connectivity index (χ2n) is 10.7. The first kappa shape index (κ1) is 36.5. The highest BCUT2D eigenvalue weighted by Gasteiger charge is 2.59. The minimum Gasteiger partial charge on any atom is -0.493 e. The van der Waals surface area contributed by atoms with E-state index in [1.807, 2.05) is 6.07 Å². The van der Waals surface area contributed by atoms with E-state index in [1.165, 1.54) is 33.3 Å². The van der Waals surface area contributed by atoms with Gasteiger partial charge in [-0.3, -0.25) is 19.1 Å². The molecule has 19 heteroatoms. The summed E-state index contributed by atoms with van der Waals surface area (Å²) in [7, 11) is -0.151. The Balaban J connectivity index is 0.000000246. The number of carbonyl (C=O) groups excluding carboxylic acids is 1. The average Bonchev–Trinajstić information content (AvgIpc) is 3.14. The molecule has 1 aromatic heterocycles. The Morgan fingerprint density at radius 2 is 1.85 bits per heavy atom. The lowest BCUT2D eigenvalue weighted by Gasteiger charge is -2.21. The number of aryl methyl sites for hydroxylation is 1. The van der Waals surface area contributed by atoms with Crippen LogP contribution in [0.4, 0.5) is 14.6 Å². The molecule has 4 atom stereocenters. The largest absolute Gasteiger partial charge is 0.524 e. The van der Waals surface area contributed by atoms with Crippen molar-refractivity contribution in [2.24, 2.45) is 0 Å². The van der Waals surface area contributed by atoms with Gasteiger partial charge in [0.2, 0.25) is 17.9 Å². The molecule has 0 unspecified atom stereocenters. The highest BCUT2D eigenvalue weighted by atomic mass is 31.2. The first-order chi connectivity index (χ1) is 22.6. The molecule has 3 aromatic rings. The molecule has 1 fully saturated rings. The van der Waals surface area contributed by atoms with Gasteiger partial charge in [0.05, 0.1) is 34.0 Å². The lowest BCUT2D eigenvalue weighted by molar-refractivity contribution is -0.140. The molecular formula is C29H35F2N4O12P. The summed E-state index contributed by atoms with van der Waals surface area (Å²) < 4.78 is 65.4. The van der Waals surface area contributed by atoms with Crippen molar-refractivity contribution in [3.63, 3.8) is 0 Å². The highest BCUT2D eigenvalue weighted by molar-refractivity contribution is 7.46. The minimum atomic E-state index is -4.74. The number of aliphatic hydroxyl groups excluding tert-OH is 2. The third-order valence-corrected chi connectivity index (χ3v) is 8.00. The first-order valence-corrected chi connectivity index (χ1v) is 15.7. The van der Waals surface area contributed by atoms with E-state index in [0.29, 0.717) is 40.2 Å². The fourth-order valence-corrected chi connectivity index (χ4v) is 5.91. The number of amides is 1. The highest BCUT2D eigenvalue weighted by Crippen LogP contribution is 2.51. The molecule has 1 aliphatic carbocycles. The summed E-state index contributed by atoms with van der Waals surface area (Å²) >= 11 is 0. The molecule has 0 saturated carbocycles. The van der Waals surface area contributed by atoms with Gasteiger partial charge in [0.1, 0.15) is 17.7 Å². The monoisotopic (exact) mass is 700 g/mol. The Hall–Kier alpha value is -4.32. The van der Waals surface area contributed by atoms with Gasteiger partial charge in [-0.2, -0.15) is 13.8 Å². The summed E-state index contributed by atoms with van der Waals surface area (Å²) in [4.78, 5) is 44.9. The van der Waals surface area contributed by atoms with Crippen molar-refractivity contribution in [1.29, 1.82) is 0 Å². The van der Waals surface area contributed by atoms with Crippen molar-refractivity contribution in [1.82, 2.24) is 14.9 Å². The van der Waals surface area contributed by atoms with Gasteiger partial charge in [0.25, 0.3) is 0 Å². The molecule has 1 aliphatic heterocycles. The van der Waals surface area contributed by atoms with Crippen molar-refractivity contribution < 1.29 is 61.6 Å². The molecule has 2 aromatic carbocycles. The number of carbonyl (C=O) groups is 1. The van der Waals surface area contributed by atoms with Crippen LogP contribution in [-0.4, -0.2) is 81.5 Å². The van der Waals surface area contributed by atoms with E-state index in [-0.39, 0.29) is 17.5 Å². The van der Waals surface area contributed by atoms with Crippen LogP contribution < -0.4 is 35.5 Å². The van der Waals surface area contributed by atoms with Crippen LogP contribution in [0.5, 0.6) is 23.0 Å². The molecular weight excluding hydrogens is 665 g/mol. The first-order valence-electron chi connectivity index (χ1n) is 14.2. The Morgan fingerprint density at radius 1 is 1.17 bits per heavy atom. The van der Waals surface area contributed by atoms with Crippen molar-refractivity contribution >= 4 is 19.5 Å².